The Morgan fingerprint density at radius 3 is 1.22 bits per heavy atom. The van der Waals surface area contributed by atoms with Crippen molar-refractivity contribution in [2.45, 2.75) is 77.0 Å². The van der Waals surface area contributed by atoms with Crippen LogP contribution in [0.3, 0.4) is 0 Å². The molecular formula is C26H40N2O8. The summed E-state index contributed by atoms with van der Waals surface area (Å²) in [6.07, 6.45) is 10.8. The average molecular weight is 509 g/mol. The smallest absolute Gasteiger partial charge is 0.325 e. The van der Waals surface area contributed by atoms with Crippen molar-refractivity contribution < 1.29 is 38.2 Å². The molecule has 10 nitrogen and oxygen atoms in total. The van der Waals surface area contributed by atoms with E-state index in [4.69, 9.17) is 0 Å². The van der Waals surface area contributed by atoms with Crippen LogP contribution in [0.1, 0.15) is 77.0 Å². The molecule has 10 heteroatoms. The van der Waals surface area contributed by atoms with Gasteiger partial charge < -0.3 is 19.3 Å². The topological polar surface area (TPSA) is 127 Å². The second-order valence-corrected chi connectivity index (χ2v) is 9.53. The zero-order chi connectivity index (χ0) is 26.5. The lowest BCUT2D eigenvalue weighted by Gasteiger charge is -2.30. The zero-order valence-electron chi connectivity index (χ0n) is 21.6. The van der Waals surface area contributed by atoms with Gasteiger partial charge in [-0.3, -0.25) is 28.8 Å². The van der Waals surface area contributed by atoms with Gasteiger partial charge in [0.1, 0.15) is 0 Å². The highest BCUT2D eigenvalue weighted by Gasteiger charge is 2.42. The molecule has 202 valence electrons. The lowest BCUT2D eigenvalue weighted by atomic mass is 9.95. The summed E-state index contributed by atoms with van der Waals surface area (Å²) in [7, 11) is 2.37. The lowest BCUT2D eigenvalue weighted by Crippen LogP contribution is -2.49. The van der Waals surface area contributed by atoms with E-state index >= 15 is 0 Å². The first kappa shape index (κ1) is 29.5. The number of carbonyl (C=O) groups excluding carboxylic acids is 6. The number of methoxy groups -OCH3 is 2. The van der Waals surface area contributed by atoms with Crippen LogP contribution in [0.15, 0.2) is 0 Å². The highest BCUT2D eigenvalue weighted by molar-refractivity contribution is 6.18. The number of piperidine rings is 2. The van der Waals surface area contributed by atoms with Gasteiger partial charge in [-0.1, -0.05) is 51.4 Å². The van der Waals surface area contributed by atoms with Gasteiger partial charge >= 0.3 is 11.9 Å². The highest BCUT2D eigenvalue weighted by atomic mass is 16.5. The molecule has 0 aromatic rings. The Morgan fingerprint density at radius 2 is 0.917 bits per heavy atom. The minimum atomic E-state index is -1.29. The predicted molar refractivity (Wildman–Crippen MR) is 130 cm³/mol. The summed E-state index contributed by atoms with van der Waals surface area (Å²) in [5, 5.41) is 0. The molecule has 36 heavy (non-hydrogen) atoms. The van der Waals surface area contributed by atoms with Crippen molar-refractivity contribution in [3.63, 3.8) is 0 Å². The highest BCUT2D eigenvalue weighted by Crippen LogP contribution is 2.19. The third-order valence-electron chi connectivity index (χ3n) is 7.00. The van der Waals surface area contributed by atoms with Crippen LogP contribution < -0.4 is 0 Å². The summed E-state index contributed by atoms with van der Waals surface area (Å²) < 4.78 is 9.18. The maximum atomic E-state index is 12.4. The summed E-state index contributed by atoms with van der Waals surface area (Å²) in [5.41, 5.74) is 0. The van der Waals surface area contributed by atoms with Gasteiger partial charge in [-0.25, -0.2) is 0 Å². The number of likely N-dealkylation sites (tertiary alicyclic amines) is 2. The van der Waals surface area contributed by atoms with Crippen LogP contribution in [0.25, 0.3) is 0 Å². The number of hydrogen-bond acceptors (Lipinski definition) is 8. The van der Waals surface area contributed by atoms with Crippen molar-refractivity contribution in [2.75, 3.05) is 40.4 Å². The van der Waals surface area contributed by atoms with Gasteiger partial charge in [0, 0.05) is 39.0 Å². The summed E-state index contributed by atoms with van der Waals surface area (Å²) >= 11 is 0. The van der Waals surface area contributed by atoms with Gasteiger partial charge in [-0.2, -0.15) is 0 Å². The third kappa shape index (κ3) is 8.41. The van der Waals surface area contributed by atoms with Crippen molar-refractivity contribution in [1.82, 2.24) is 9.80 Å². The Balaban J connectivity index is 1.47. The van der Waals surface area contributed by atoms with Crippen molar-refractivity contribution in [3.05, 3.63) is 0 Å². The fourth-order valence-corrected chi connectivity index (χ4v) is 4.80. The van der Waals surface area contributed by atoms with Crippen LogP contribution >= 0.6 is 0 Å². The fraction of sp³-hybridized carbons (Fsp3) is 0.769. The minimum absolute atomic E-state index is 0.202. The first-order valence-electron chi connectivity index (χ1n) is 13.1. The van der Waals surface area contributed by atoms with Gasteiger partial charge in [0.2, 0.25) is 11.8 Å². The summed E-state index contributed by atoms with van der Waals surface area (Å²) in [4.78, 5) is 75.1. The van der Waals surface area contributed by atoms with Gasteiger partial charge in [-0.15, -0.1) is 0 Å². The fourth-order valence-electron chi connectivity index (χ4n) is 4.80. The Bertz CT molecular complexity index is 730. The quantitative estimate of drug-likeness (QED) is 0.187. The van der Waals surface area contributed by atoms with Gasteiger partial charge in [0.25, 0.3) is 0 Å². The number of esters is 2. The third-order valence-corrected chi connectivity index (χ3v) is 7.00. The van der Waals surface area contributed by atoms with Crippen molar-refractivity contribution >= 4 is 35.3 Å². The summed E-state index contributed by atoms with van der Waals surface area (Å²) in [6, 6.07) is 0. The number of hydrogen-bond donors (Lipinski definition) is 0. The molecule has 2 aliphatic rings. The van der Waals surface area contributed by atoms with Crippen LogP contribution in [0.4, 0.5) is 0 Å². The molecule has 2 atom stereocenters. The first-order chi connectivity index (χ1) is 17.3. The number of rotatable bonds is 15. The minimum Gasteiger partial charge on any atom is -0.468 e. The van der Waals surface area contributed by atoms with E-state index in [1.807, 2.05) is 0 Å². The molecule has 0 radical (unpaired) electrons. The molecule has 0 aromatic heterocycles. The molecule has 0 N–H and O–H groups in total. The van der Waals surface area contributed by atoms with Crippen LogP contribution in [0.2, 0.25) is 0 Å². The molecule has 2 saturated heterocycles. The number of unbranched alkanes of at least 4 members (excludes halogenated alkanes) is 9. The molecular weight excluding hydrogens is 468 g/mol. The lowest BCUT2D eigenvalue weighted by molar-refractivity contribution is -0.162. The number of amides is 2. The molecule has 2 aliphatic heterocycles. The van der Waals surface area contributed by atoms with Crippen molar-refractivity contribution in [3.8, 4) is 0 Å². The van der Waals surface area contributed by atoms with E-state index in [0.29, 0.717) is 26.2 Å². The molecule has 0 saturated carbocycles. The predicted octanol–water partition coefficient (Wildman–Crippen LogP) is 2.07. The van der Waals surface area contributed by atoms with E-state index in [-0.39, 0.29) is 24.4 Å². The molecule has 2 amide bonds. The molecule has 0 spiro atoms. The van der Waals surface area contributed by atoms with Gasteiger partial charge in [0.05, 0.1) is 14.2 Å². The average Bonchev–Trinajstić information content (AvgIpc) is 2.86. The number of nitrogens with zero attached hydrogens (tertiary/aromatic N) is 2. The van der Waals surface area contributed by atoms with Crippen molar-refractivity contribution in [1.29, 1.82) is 0 Å². The normalized spacial score (nSPS) is 20.6. The van der Waals surface area contributed by atoms with E-state index in [1.54, 1.807) is 9.80 Å². The zero-order valence-corrected chi connectivity index (χ0v) is 21.6. The van der Waals surface area contributed by atoms with Crippen molar-refractivity contribution in [2.24, 2.45) is 11.8 Å². The van der Waals surface area contributed by atoms with Gasteiger partial charge in [0.15, 0.2) is 23.4 Å². The Hall–Kier alpha value is -2.78. The largest absolute Gasteiger partial charge is 0.468 e. The first-order valence-corrected chi connectivity index (χ1v) is 13.1. The Labute approximate surface area is 213 Å². The molecule has 0 bridgehead atoms. The van der Waals surface area contributed by atoms with E-state index < -0.39 is 35.6 Å². The maximum absolute atomic E-state index is 12.4. The Morgan fingerprint density at radius 1 is 0.611 bits per heavy atom. The summed E-state index contributed by atoms with van der Waals surface area (Å²) in [5.74, 6) is -5.68. The second kappa shape index (κ2) is 15.4. The Kier molecular flexibility index (Phi) is 12.6. The van der Waals surface area contributed by atoms with Gasteiger partial charge in [-0.05, 0) is 12.8 Å². The van der Waals surface area contributed by atoms with E-state index in [2.05, 4.69) is 9.47 Å². The molecule has 0 aliphatic carbocycles. The molecule has 2 unspecified atom stereocenters. The SMILES string of the molecule is COC(=O)C1C(=O)CCN(CCCCCCCCCCCCN2CCC(=O)C(C(=O)OC)C2=O)C1=O. The number of ether oxygens (including phenoxy) is 2. The van der Waals surface area contributed by atoms with E-state index in [0.717, 1.165) is 64.2 Å². The molecule has 2 fully saturated rings. The maximum Gasteiger partial charge on any atom is 0.325 e. The molecule has 2 rings (SSSR count). The van der Waals surface area contributed by atoms with E-state index in [1.165, 1.54) is 14.2 Å². The van der Waals surface area contributed by atoms with Crippen LogP contribution in [-0.4, -0.2) is 85.5 Å². The van der Waals surface area contributed by atoms with Crippen LogP contribution in [-0.2, 0) is 38.2 Å². The standard InChI is InChI=1S/C26H40N2O8/c1-35-25(33)21-19(29)13-17-27(23(21)31)15-11-9-7-5-3-4-6-8-10-12-16-28-18-14-20(30)22(24(28)32)26(34)36-2/h21-22H,3-18H2,1-2H3. The number of carbonyl (C=O) groups is 6. The monoisotopic (exact) mass is 508 g/mol. The molecule has 2 heterocycles. The van der Waals surface area contributed by atoms with Crippen LogP contribution in [0, 0.1) is 11.8 Å². The van der Waals surface area contributed by atoms with Crippen LogP contribution in [0.5, 0.6) is 0 Å². The van der Waals surface area contributed by atoms with E-state index in [9.17, 15) is 28.8 Å². The molecule has 0 aromatic carbocycles. The second-order valence-electron chi connectivity index (χ2n) is 9.53. The summed E-state index contributed by atoms with van der Waals surface area (Å²) in [6.45, 7) is 1.88. The number of Topliss-reactive ketones (excluding diaryl/α,β-unsaturated/α-hetero) is 2. The number of ketones is 2.